The van der Waals surface area contributed by atoms with Crippen LogP contribution in [0.3, 0.4) is 0 Å². The van der Waals surface area contributed by atoms with E-state index >= 15 is 0 Å². The highest BCUT2D eigenvalue weighted by Crippen LogP contribution is 2.22. The van der Waals surface area contributed by atoms with Crippen LogP contribution in [0.15, 0.2) is 0 Å². The summed E-state index contributed by atoms with van der Waals surface area (Å²) in [6.45, 7) is 0.717. The summed E-state index contributed by atoms with van der Waals surface area (Å²) in [7, 11) is 0. The first-order chi connectivity index (χ1) is 6.95. The number of halogens is 3. The molecule has 1 aliphatic heterocycles. The fourth-order valence-corrected chi connectivity index (χ4v) is 1.46. The summed E-state index contributed by atoms with van der Waals surface area (Å²) >= 11 is 0. The van der Waals surface area contributed by atoms with E-state index in [1.165, 1.54) is 0 Å². The van der Waals surface area contributed by atoms with Crippen molar-refractivity contribution in [1.82, 2.24) is 4.90 Å². The van der Waals surface area contributed by atoms with Crippen LogP contribution < -0.4 is 5.73 Å². The maximum atomic E-state index is 12.0. The van der Waals surface area contributed by atoms with E-state index in [2.05, 4.69) is 0 Å². The van der Waals surface area contributed by atoms with Crippen LogP contribution >= 0.6 is 0 Å². The molecule has 1 fully saturated rings. The Morgan fingerprint density at radius 3 is 2.73 bits per heavy atom. The van der Waals surface area contributed by atoms with Gasteiger partial charge in [0.15, 0.2) is 0 Å². The number of hydrogen-bond acceptors (Lipinski definition) is 3. The van der Waals surface area contributed by atoms with Crippen LogP contribution in [-0.4, -0.2) is 49.3 Å². The van der Waals surface area contributed by atoms with E-state index in [1.807, 2.05) is 0 Å². The Bertz CT molecular complexity index is 232. The highest BCUT2D eigenvalue weighted by Gasteiger charge is 2.44. The van der Waals surface area contributed by atoms with E-state index in [0.29, 0.717) is 19.6 Å². The number of alkyl halides is 3. The van der Waals surface area contributed by atoms with Gasteiger partial charge in [-0.2, -0.15) is 13.2 Å². The van der Waals surface area contributed by atoms with Gasteiger partial charge >= 0.3 is 12.1 Å². The van der Waals surface area contributed by atoms with E-state index in [1.54, 1.807) is 0 Å². The Balaban J connectivity index is 2.39. The van der Waals surface area contributed by atoms with E-state index in [4.69, 9.17) is 10.5 Å². The van der Waals surface area contributed by atoms with Crippen LogP contribution in [0.4, 0.5) is 13.2 Å². The molecule has 1 aliphatic rings. The fourth-order valence-electron chi connectivity index (χ4n) is 1.46. The summed E-state index contributed by atoms with van der Waals surface area (Å²) in [5, 5.41) is 0. The van der Waals surface area contributed by atoms with Crippen molar-refractivity contribution in [2.75, 3.05) is 26.2 Å². The van der Waals surface area contributed by atoms with Crippen LogP contribution in [0, 0.1) is 0 Å². The lowest BCUT2D eigenvalue weighted by atomic mass is 10.3. The topological polar surface area (TPSA) is 55.6 Å². The smallest absolute Gasteiger partial charge is 0.375 e. The average Bonchev–Trinajstić information content (AvgIpc) is 2.60. The minimum atomic E-state index is -4.79. The summed E-state index contributed by atoms with van der Waals surface area (Å²) in [4.78, 5) is 11.6. The predicted octanol–water partition coefficient (Wildman–Crippen LogP) is 0.125. The minimum absolute atomic E-state index is 0.00164. The maximum absolute atomic E-state index is 12.0. The predicted molar refractivity (Wildman–Crippen MR) is 46.0 cm³/mol. The largest absolute Gasteiger partial charge is 0.471 e. The summed E-state index contributed by atoms with van der Waals surface area (Å²) in [6.07, 6.45) is -4.68. The van der Waals surface area contributed by atoms with Crippen LogP contribution in [0.1, 0.15) is 6.42 Å². The monoisotopic (exact) mass is 226 g/mol. The Morgan fingerprint density at radius 1 is 1.53 bits per heavy atom. The van der Waals surface area contributed by atoms with E-state index < -0.39 is 12.1 Å². The molecule has 1 saturated heterocycles. The molecule has 1 unspecified atom stereocenters. The van der Waals surface area contributed by atoms with Crippen molar-refractivity contribution in [3.8, 4) is 0 Å². The third-order valence-electron chi connectivity index (χ3n) is 2.15. The zero-order valence-corrected chi connectivity index (χ0v) is 8.09. The van der Waals surface area contributed by atoms with Crippen LogP contribution in [0.5, 0.6) is 0 Å². The molecule has 4 nitrogen and oxygen atoms in total. The molecule has 0 aromatic carbocycles. The summed E-state index contributed by atoms with van der Waals surface area (Å²) in [5.74, 6) is -1.79. The number of carbonyl (C=O) groups is 1. The summed E-state index contributed by atoms with van der Waals surface area (Å²) in [6, 6.07) is 0. The van der Waals surface area contributed by atoms with E-state index in [-0.39, 0.29) is 19.2 Å². The zero-order chi connectivity index (χ0) is 11.5. The van der Waals surface area contributed by atoms with Crippen molar-refractivity contribution in [3.05, 3.63) is 0 Å². The molecule has 0 bridgehead atoms. The molecule has 0 radical (unpaired) electrons. The number of nitrogens with two attached hydrogens (primary N) is 1. The Kier molecular flexibility index (Phi) is 3.92. The first kappa shape index (κ1) is 12.3. The van der Waals surface area contributed by atoms with Gasteiger partial charge in [-0.15, -0.1) is 0 Å². The SMILES string of the molecule is NCCOC1CCN(C(=O)C(F)(F)F)C1. The van der Waals surface area contributed by atoms with Crippen molar-refractivity contribution in [1.29, 1.82) is 0 Å². The van der Waals surface area contributed by atoms with Gasteiger partial charge in [0.1, 0.15) is 0 Å². The van der Waals surface area contributed by atoms with Crippen molar-refractivity contribution >= 4 is 5.91 Å². The minimum Gasteiger partial charge on any atom is -0.375 e. The third-order valence-corrected chi connectivity index (χ3v) is 2.15. The number of hydrogen-bond donors (Lipinski definition) is 1. The highest BCUT2D eigenvalue weighted by atomic mass is 19.4. The standard InChI is InChI=1S/C8H13F3N2O2/c9-8(10,11)7(14)13-3-1-6(5-13)15-4-2-12/h6H,1-5,12H2. The number of likely N-dealkylation sites (tertiary alicyclic amines) is 1. The zero-order valence-electron chi connectivity index (χ0n) is 8.09. The normalized spacial score (nSPS) is 22.1. The molecular formula is C8H13F3N2O2. The number of carbonyl (C=O) groups excluding carboxylic acids is 1. The first-order valence-corrected chi connectivity index (χ1v) is 4.63. The molecule has 0 aliphatic carbocycles. The molecule has 88 valence electrons. The molecule has 1 amide bonds. The van der Waals surface area contributed by atoms with Gasteiger partial charge in [-0.25, -0.2) is 0 Å². The molecule has 7 heteroatoms. The summed E-state index contributed by atoms with van der Waals surface area (Å²) in [5.41, 5.74) is 5.18. The molecule has 0 spiro atoms. The van der Waals surface area contributed by atoms with Crippen LogP contribution in [0.2, 0.25) is 0 Å². The summed E-state index contributed by atoms with van der Waals surface area (Å²) < 4.78 is 41.2. The average molecular weight is 226 g/mol. The van der Waals surface area contributed by atoms with Crippen LogP contribution in [-0.2, 0) is 9.53 Å². The number of nitrogens with zero attached hydrogens (tertiary/aromatic N) is 1. The molecule has 1 atom stereocenters. The number of ether oxygens (including phenoxy) is 1. The molecule has 0 aromatic rings. The Hall–Kier alpha value is -0.820. The quantitative estimate of drug-likeness (QED) is 0.744. The number of rotatable bonds is 3. The second-order valence-electron chi connectivity index (χ2n) is 3.32. The molecule has 0 aromatic heterocycles. The lowest BCUT2D eigenvalue weighted by Gasteiger charge is -2.17. The van der Waals surface area contributed by atoms with Crippen molar-refractivity contribution in [2.45, 2.75) is 18.7 Å². The molecule has 0 saturated carbocycles. The van der Waals surface area contributed by atoms with Gasteiger partial charge in [-0.3, -0.25) is 4.79 Å². The lowest BCUT2D eigenvalue weighted by molar-refractivity contribution is -0.184. The maximum Gasteiger partial charge on any atom is 0.471 e. The van der Waals surface area contributed by atoms with Gasteiger partial charge in [0.2, 0.25) is 0 Å². The van der Waals surface area contributed by atoms with Gasteiger partial charge in [0.05, 0.1) is 12.7 Å². The molecule has 1 heterocycles. The first-order valence-electron chi connectivity index (χ1n) is 4.63. The van der Waals surface area contributed by atoms with Crippen LogP contribution in [0.25, 0.3) is 0 Å². The second-order valence-corrected chi connectivity index (χ2v) is 3.32. The van der Waals surface area contributed by atoms with Gasteiger partial charge < -0.3 is 15.4 Å². The van der Waals surface area contributed by atoms with E-state index in [9.17, 15) is 18.0 Å². The number of amides is 1. The Morgan fingerprint density at radius 2 is 2.20 bits per heavy atom. The highest BCUT2D eigenvalue weighted by molar-refractivity contribution is 5.82. The van der Waals surface area contributed by atoms with Crippen molar-refractivity contribution < 1.29 is 22.7 Å². The molecule has 15 heavy (non-hydrogen) atoms. The van der Waals surface area contributed by atoms with Gasteiger partial charge in [-0.05, 0) is 6.42 Å². The van der Waals surface area contributed by atoms with Crippen molar-refractivity contribution in [3.63, 3.8) is 0 Å². The van der Waals surface area contributed by atoms with Crippen molar-refractivity contribution in [2.24, 2.45) is 5.73 Å². The molecule has 1 rings (SSSR count). The van der Waals surface area contributed by atoms with E-state index in [0.717, 1.165) is 4.90 Å². The fraction of sp³-hybridized carbons (Fsp3) is 0.875. The molecular weight excluding hydrogens is 213 g/mol. The third kappa shape index (κ3) is 3.35. The van der Waals surface area contributed by atoms with Gasteiger partial charge in [0.25, 0.3) is 0 Å². The van der Waals surface area contributed by atoms with Gasteiger partial charge in [-0.1, -0.05) is 0 Å². The molecule has 2 N–H and O–H groups in total. The second kappa shape index (κ2) is 4.80. The Labute approximate surface area is 85.2 Å². The van der Waals surface area contributed by atoms with Gasteiger partial charge in [0, 0.05) is 19.6 Å². The lowest BCUT2D eigenvalue weighted by Crippen LogP contribution is -2.40.